The van der Waals surface area contributed by atoms with Crippen LogP contribution in [0.3, 0.4) is 0 Å². The van der Waals surface area contributed by atoms with Gasteiger partial charge < -0.3 is 9.73 Å². The highest BCUT2D eigenvalue weighted by Gasteiger charge is 2.06. The maximum absolute atomic E-state index is 5.48. The van der Waals surface area contributed by atoms with E-state index in [1.807, 2.05) is 25.1 Å². The number of anilines is 1. The summed E-state index contributed by atoms with van der Waals surface area (Å²) < 4.78 is 5.48. The Morgan fingerprint density at radius 1 is 1.31 bits per heavy atom. The van der Waals surface area contributed by atoms with Gasteiger partial charge in [-0.25, -0.2) is 9.97 Å². The molecule has 0 unspecified atom stereocenters. The molecule has 2 aromatic heterocycles. The molecule has 84 valence electrons. The van der Waals surface area contributed by atoms with E-state index in [2.05, 4.69) is 22.2 Å². The summed E-state index contributed by atoms with van der Waals surface area (Å²) in [5, 5.41) is 3.22. The number of furan rings is 1. The molecule has 0 aliphatic rings. The summed E-state index contributed by atoms with van der Waals surface area (Å²) in [5.74, 6) is 3.03. The summed E-state index contributed by atoms with van der Waals surface area (Å²) in [5.41, 5.74) is 0. The Kier molecular flexibility index (Phi) is 3.19. The van der Waals surface area contributed by atoms with Gasteiger partial charge in [0, 0.05) is 12.7 Å². The fourth-order valence-corrected chi connectivity index (χ4v) is 1.38. The topological polar surface area (TPSA) is 51.0 Å². The molecule has 4 nitrogen and oxygen atoms in total. The van der Waals surface area contributed by atoms with Gasteiger partial charge in [-0.3, -0.25) is 0 Å². The fraction of sp³-hybridized carbons (Fsp3) is 0.333. The zero-order valence-corrected chi connectivity index (χ0v) is 9.53. The summed E-state index contributed by atoms with van der Waals surface area (Å²) in [6.45, 7) is 4.93. The van der Waals surface area contributed by atoms with E-state index in [1.165, 1.54) is 0 Å². The molecule has 0 spiro atoms. The number of hydrogen-bond acceptors (Lipinski definition) is 4. The quantitative estimate of drug-likeness (QED) is 0.855. The molecule has 0 saturated heterocycles. The van der Waals surface area contributed by atoms with Crippen LogP contribution in [0.1, 0.15) is 19.1 Å². The number of rotatable bonds is 4. The number of nitrogens with zero attached hydrogens (tertiary/aromatic N) is 2. The molecule has 2 rings (SSSR count). The first-order chi connectivity index (χ1) is 7.79. The minimum Gasteiger partial charge on any atom is -0.458 e. The Morgan fingerprint density at radius 2 is 2.19 bits per heavy atom. The van der Waals surface area contributed by atoms with Gasteiger partial charge >= 0.3 is 0 Å². The van der Waals surface area contributed by atoms with Crippen molar-refractivity contribution in [3.05, 3.63) is 30.2 Å². The predicted octanol–water partition coefficient (Wildman–Crippen LogP) is 2.87. The third-order valence-electron chi connectivity index (χ3n) is 2.17. The lowest BCUT2D eigenvalue weighted by molar-refractivity contribution is 0.544. The molecule has 4 heteroatoms. The van der Waals surface area contributed by atoms with E-state index >= 15 is 0 Å². The zero-order valence-electron chi connectivity index (χ0n) is 9.53. The zero-order chi connectivity index (χ0) is 11.4. The second-order valence-corrected chi connectivity index (χ2v) is 3.60. The van der Waals surface area contributed by atoms with Crippen molar-refractivity contribution in [1.29, 1.82) is 0 Å². The van der Waals surface area contributed by atoms with Crippen molar-refractivity contribution in [3.8, 4) is 11.6 Å². The summed E-state index contributed by atoms with van der Waals surface area (Å²) in [6, 6.07) is 5.65. The van der Waals surface area contributed by atoms with E-state index < -0.39 is 0 Å². The molecule has 0 bridgehead atoms. The molecular weight excluding hydrogens is 202 g/mol. The Balaban J connectivity index is 2.22. The maximum Gasteiger partial charge on any atom is 0.197 e. The van der Waals surface area contributed by atoms with E-state index in [9.17, 15) is 0 Å². The molecule has 0 aliphatic heterocycles. The van der Waals surface area contributed by atoms with Crippen LogP contribution in [-0.2, 0) is 0 Å². The van der Waals surface area contributed by atoms with Crippen LogP contribution in [0.25, 0.3) is 11.6 Å². The first-order valence-corrected chi connectivity index (χ1v) is 5.43. The molecule has 1 N–H and O–H groups in total. The molecule has 0 atom stereocenters. The Labute approximate surface area is 94.7 Å². The van der Waals surface area contributed by atoms with E-state index in [1.54, 1.807) is 6.20 Å². The molecule has 2 aromatic rings. The van der Waals surface area contributed by atoms with Crippen LogP contribution < -0.4 is 5.32 Å². The van der Waals surface area contributed by atoms with Gasteiger partial charge in [0.1, 0.15) is 11.6 Å². The van der Waals surface area contributed by atoms with Crippen LogP contribution in [0.15, 0.2) is 28.8 Å². The average Bonchev–Trinajstić information content (AvgIpc) is 2.74. The van der Waals surface area contributed by atoms with Crippen molar-refractivity contribution in [2.75, 3.05) is 11.9 Å². The normalized spacial score (nSPS) is 10.4. The lowest BCUT2D eigenvalue weighted by Gasteiger charge is -2.03. The van der Waals surface area contributed by atoms with Gasteiger partial charge in [-0.1, -0.05) is 6.92 Å². The van der Waals surface area contributed by atoms with Gasteiger partial charge in [0.25, 0.3) is 0 Å². The van der Waals surface area contributed by atoms with Gasteiger partial charge in [0.05, 0.1) is 0 Å². The Morgan fingerprint density at radius 3 is 2.88 bits per heavy atom. The lowest BCUT2D eigenvalue weighted by atomic mass is 10.4. The molecule has 0 saturated carbocycles. The van der Waals surface area contributed by atoms with Crippen molar-refractivity contribution in [2.24, 2.45) is 0 Å². The van der Waals surface area contributed by atoms with Crippen LogP contribution >= 0.6 is 0 Å². The smallest absolute Gasteiger partial charge is 0.197 e. The van der Waals surface area contributed by atoms with Gasteiger partial charge in [-0.2, -0.15) is 0 Å². The van der Waals surface area contributed by atoms with Gasteiger partial charge in [0.15, 0.2) is 11.6 Å². The predicted molar refractivity (Wildman–Crippen MR) is 63.3 cm³/mol. The fourth-order valence-electron chi connectivity index (χ4n) is 1.38. The largest absolute Gasteiger partial charge is 0.458 e. The number of aryl methyl sites for hydroxylation is 1. The van der Waals surface area contributed by atoms with Crippen molar-refractivity contribution in [3.63, 3.8) is 0 Å². The van der Waals surface area contributed by atoms with Gasteiger partial charge in [-0.05, 0) is 31.5 Å². The molecule has 2 heterocycles. The molecule has 0 aliphatic carbocycles. The highest BCUT2D eigenvalue weighted by atomic mass is 16.3. The minimum atomic E-state index is 0.620. The van der Waals surface area contributed by atoms with Gasteiger partial charge in [0.2, 0.25) is 0 Å². The summed E-state index contributed by atoms with van der Waals surface area (Å²) in [7, 11) is 0. The number of aromatic nitrogens is 2. The third-order valence-corrected chi connectivity index (χ3v) is 2.17. The molecule has 0 fully saturated rings. The van der Waals surface area contributed by atoms with Gasteiger partial charge in [-0.15, -0.1) is 0 Å². The molecule has 0 radical (unpaired) electrons. The molecule has 16 heavy (non-hydrogen) atoms. The monoisotopic (exact) mass is 217 g/mol. The SMILES string of the molecule is CCCNc1ccnc(-c2ccc(C)o2)n1. The Bertz CT molecular complexity index is 465. The number of hydrogen-bond donors (Lipinski definition) is 1. The van der Waals surface area contributed by atoms with Crippen molar-refractivity contribution in [1.82, 2.24) is 9.97 Å². The summed E-state index contributed by atoms with van der Waals surface area (Å²) in [6.07, 6.45) is 2.80. The second-order valence-electron chi connectivity index (χ2n) is 3.60. The first kappa shape index (κ1) is 10.7. The van der Waals surface area contributed by atoms with Crippen molar-refractivity contribution >= 4 is 5.82 Å². The first-order valence-electron chi connectivity index (χ1n) is 5.43. The number of nitrogens with one attached hydrogen (secondary N) is 1. The average molecular weight is 217 g/mol. The Hall–Kier alpha value is -1.84. The van der Waals surface area contributed by atoms with Crippen LogP contribution in [0.5, 0.6) is 0 Å². The highest BCUT2D eigenvalue weighted by molar-refractivity contribution is 5.50. The standard InChI is InChI=1S/C12H15N3O/c1-3-7-13-11-6-8-14-12(15-11)10-5-4-9(2)16-10/h4-6,8H,3,7H2,1-2H3,(H,13,14,15). The lowest BCUT2D eigenvalue weighted by Crippen LogP contribution is -2.02. The molecular formula is C12H15N3O. The molecule has 0 amide bonds. The minimum absolute atomic E-state index is 0.620. The van der Waals surface area contributed by atoms with E-state index in [0.717, 1.165) is 24.5 Å². The third kappa shape index (κ3) is 2.39. The van der Waals surface area contributed by atoms with Crippen molar-refractivity contribution in [2.45, 2.75) is 20.3 Å². The van der Waals surface area contributed by atoms with E-state index in [-0.39, 0.29) is 0 Å². The second kappa shape index (κ2) is 4.79. The van der Waals surface area contributed by atoms with Crippen LogP contribution in [0.2, 0.25) is 0 Å². The van der Waals surface area contributed by atoms with Crippen LogP contribution in [0, 0.1) is 6.92 Å². The van der Waals surface area contributed by atoms with Crippen LogP contribution in [-0.4, -0.2) is 16.5 Å². The summed E-state index contributed by atoms with van der Waals surface area (Å²) >= 11 is 0. The van der Waals surface area contributed by atoms with Crippen molar-refractivity contribution < 1.29 is 4.42 Å². The maximum atomic E-state index is 5.48. The van der Waals surface area contributed by atoms with Crippen LogP contribution in [0.4, 0.5) is 5.82 Å². The van der Waals surface area contributed by atoms with E-state index in [0.29, 0.717) is 11.6 Å². The van der Waals surface area contributed by atoms with E-state index in [4.69, 9.17) is 4.42 Å². The summed E-state index contributed by atoms with van der Waals surface area (Å²) in [4.78, 5) is 8.56. The molecule has 0 aromatic carbocycles. The highest BCUT2D eigenvalue weighted by Crippen LogP contribution is 2.18.